The fraction of sp³-hybridized carbons (Fsp3) is 0.351. The highest BCUT2D eigenvalue weighted by Crippen LogP contribution is 2.60. The van der Waals surface area contributed by atoms with Gasteiger partial charge in [-0.05, 0) is 172 Å². The Morgan fingerprint density at radius 3 is 0.919 bits per heavy atom. The van der Waals surface area contributed by atoms with E-state index in [9.17, 15) is 0 Å². The molecule has 0 atom stereocenters. The predicted molar refractivity (Wildman–Crippen MR) is 161 cm³/mol. The van der Waals surface area contributed by atoms with E-state index >= 15 is 0 Å². The SMILES string of the molecule is Cc1ccc2c(c1)C(c1c(C)c(C)c(C)c(C)c1C)(c1c(C)c(C)c(C)c(C)c1C)c1cc(C)ccc1-2. The Morgan fingerprint density at radius 2 is 0.622 bits per heavy atom. The number of aryl methyl sites for hydroxylation is 2. The average molecular weight is 487 g/mol. The van der Waals surface area contributed by atoms with E-state index in [0.29, 0.717) is 0 Å². The summed E-state index contributed by atoms with van der Waals surface area (Å²) < 4.78 is 0. The molecule has 0 fully saturated rings. The van der Waals surface area contributed by atoms with Crippen molar-refractivity contribution in [2.45, 2.75) is 88.5 Å². The Balaban J connectivity index is 2.18. The third kappa shape index (κ3) is 3.21. The molecule has 4 aromatic carbocycles. The molecule has 0 N–H and O–H groups in total. The van der Waals surface area contributed by atoms with E-state index in [1.54, 1.807) is 0 Å². The lowest BCUT2D eigenvalue weighted by molar-refractivity contribution is 0.729. The Bertz CT molecular complexity index is 1440. The van der Waals surface area contributed by atoms with Crippen molar-refractivity contribution in [3.8, 4) is 11.1 Å². The third-order valence-electron chi connectivity index (χ3n) is 10.2. The van der Waals surface area contributed by atoms with Gasteiger partial charge in [-0.1, -0.05) is 47.5 Å². The molecular weight excluding hydrogens is 444 g/mol. The molecule has 0 heteroatoms. The lowest BCUT2D eigenvalue weighted by atomic mass is 9.61. The largest absolute Gasteiger partial charge is 0.0724 e. The summed E-state index contributed by atoms with van der Waals surface area (Å²) in [7, 11) is 0. The van der Waals surface area contributed by atoms with Crippen LogP contribution >= 0.6 is 0 Å². The summed E-state index contributed by atoms with van der Waals surface area (Å²) >= 11 is 0. The molecule has 1 aliphatic rings. The molecule has 5 rings (SSSR count). The predicted octanol–water partition coefficient (Wildman–Crippen LogP) is 9.75. The lowest BCUT2D eigenvalue weighted by Gasteiger charge is -2.41. The summed E-state index contributed by atoms with van der Waals surface area (Å²) in [5, 5.41) is 0. The van der Waals surface area contributed by atoms with Crippen molar-refractivity contribution in [1.82, 2.24) is 0 Å². The smallest absolute Gasteiger partial charge is 0.0587 e. The number of hydrogen-bond acceptors (Lipinski definition) is 0. The molecule has 0 spiro atoms. The van der Waals surface area contributed by atoms with Crippen LogP contribution < -0.4 is 0 Å². The van der Waals surface area contributed by atoms with Gasteiger partial charge in [-0.3, -0.25) is 0 Å². The van der Waals surface area contributed by atoms with Gasteiger partial charge in [0, 0.05) is 0 Å². The Labute approximate surface area is 224 Å². The molecule has 190 valence electrons. The van der Waals surface area contributed by atoms with E-state index in [4.69, 9.17) is 0 Å². The van der Waals surface area contributed by atoms with E-state index in [1.165, 1.54) is 100 Å². The molecule has 0 unspecified atom stereocenters. The van der Waals surface area contributed by atoms with E-state index < -0.39 is 0 Å². The lowest BCUT2D eigenvalue weighted by Crippen LogP contribution is -2.34. The quantitative estimate of drug-likeness (QED) is 0.233. The summed E-state index contributed by atoms with van der Waals surface area (Å²) in [6.07, 6.45) is 0. The molecule has 4 aromatic rings. The van der Waals surface area contributed by atoms with Crippen LogP contribution in [0.3, 0.4) is 0 Å². The van der Waals surface area contributed by atoms with Crippen molar-refractivity contribution < 1.29 is 0 Å². The minimum Gasteiger partial charge on any atom is -0.0587 e. The normalized spacial score (nSPS) is 13.6. The Kier molecular flexibility index (Phi) is 5.83. The molecule has 0 heterocycles. The standard InChI is InChI=1S/C37H42/c1-19-13-15-31-32-16-14-20(2)18-34(32)37(33(31)17-19,35-27(9)23(5)21(3)24(6)28(35)10)36-29(11)25(7)22(4)26(8)30(36)12/h13-18H,1-12H3. The fourth-order valence-corrected chi connectivity index (χ4v) is 7.34. The molecule has 0 saturated carbocycles. The molecule has 0 saturated heterocycles. The first-order valence-electron chi connectivity index (χ1n) is 13.7. The van der Waals surface area contributed by atoms with Gasteiger partial charge in [0.25, 0.3) is 0 Å². The first-order valence-corrected chi connectivity index (χ1v) is 13.7. The number of hydrogen-bond donors (Lipinski definition) is 0. The van der Waals surface area contributed by atoms with Crippen LogP contribution in [0, 0.1) is 83.1 Å². The van der Waals surface area contributed by atoms with Crippen molar-refractivity contribution in [3.63, 3.8) is 0 Å². The molecule has 37 heavy (non-hydrogen) atoms. The average Bonchev–Trinajstić information content (AvgIpc) is 3.13. The summed E-state index contributed by atoms with van der Waals surface area (Å²) in [6, 6.07) is 14.3. The van der Waals surface area contributed by atoms with Crippen LogP contribution in [0.25, 0.3) is 11.1 Å². The molecule has 0 bridgehead atoms. The van der Waals surface area contributed by atoms with Gasteiger partial charge < -0.3 is 0 Å². The zero-order valence-corrected chi connectivity index (χ0v) is 25.0. The number of rotatable bonds is 2. The van der Waals surface area contributed by atoms with Gasteiger partial charge in [0.15, 0.2) is 0 Å². The summed E-state index contributed by atoms with van der Waals surface area (Å²) in [4.78, 5) is 0. The zero-order valence-electron chi connectivity index (χ0n) is 25.0. The van der Waals surface area contributed by atoms with Crippen molar-refractivity contribution >= 4 is 0 Å². The molecule has 1 aliphatic carbocycles. The van der Waals surface area contributed by atoms with Crippen molar-refractivity contribution in [1.29, 1.82) is 0 Å². The summed E-state index contributed by atoms with van der Waals surface area (Å²) in [5.41, 5.74) is 25.1. The highest BCUT2D eigenvalue weighted by atomic mass is 14.5. The first kappa shape index (κ1) is 25.5. The van der Waals surface area contributed by atoms with Gasteiger partial charge in [-0.25, -0.2) is 0 Å². The monoisotopic (exact) mass is 486 g/mol. The second kappa shape index (κ2) is 8.45. The van der Waals surface area contributed by atoms with Crippen LogP contribution in [0.15, 0.2) is 36.4 Å². The van der Waals surface area contributed by atoms with E-state index in [0.717, 1.165) is 0 Å². The number of fused-ring (bicyclic) bond motifs is 3. The Morgan fingerprint density at radius 1 is 0.351 bits per heavy atom. The second-order valence-corrected chi connectivity index (χ2v) is 11.8. The zero-order chi connectivity index (χ0) is 27.1. The minimum absolute atomic E-state index is 0.364. The highest BCUT2D eigenvalue weighted by molar-refractivity contribution is 5.89. The van der Waals surface area contributed by atoms with Gasteiger partial charge in [-0.2, -0.15) is 0 Å². The Hall–Kier alpha value is -3.12. The highest BCUT2D eigenvalue weighted by Gasteiger charge is 2.50. The van der Waals surface area contributed by atoms with Gasteiger partial charge >= 0.3 is 0 Å². The van der Waals surface area contributed by atoms with Gasteiger partial charge in [0.2, 0.25) is 0 Å². The molecule has 0 aromatic heterocycles. The van der Waals surface area contributed by atoms with E-state index in [2.05, 4.69) is 119 Å². The van der Waals surface area contributed by atoms with Crippen LogP contribution in [-0.4, -0.2) is 0 Å². The van der Waals surface area contributed by atoms with Crippen molar-refractivity contribution in [3.05, 3.63) is 125 Å². The minimum atomic E-state index is -0.364. The van der Waals surface area contributed by atoms with E-state index in [-0.39, 0.29) is 5.41 Å². The van der Waals surface area contributed by atoms with Gasteiger partial charge in [0.05, 0.1) is 5.41 Å². The molecule has 0 radical (unpaired) electrons. The molecule has 0 nitrogen and oxygen atoms in total. The van der Waals surface area contributed by atoms with Crippen LogP contribution in [0.4, 0.5) is 0 Å². The summed E-state index contributed by atoms with van der Waals surface area (Å²) in [5.74, 6) is 0. The maximum Gasteiger partial charge on any atom is 0.0724 e. The van der Waals surface area contributed by atoms with Crippen molar-refractivity contribution in [2.75, 3.05) is 0 Å². The first-order chi connectivity index (χ1) is 17.3. The second-order valence-electron chi connectivity index (χ2n) is 11.8. The van der Waals surface area contributed by atoms with Crippen LogP contribution in [0.1, 0.15) is 89.0 Å². The van der Waals surface area contributed by atoms with Gasteiger partial charge in [-0.15, -0.1) is 0 Å². The maximum atomic E-state index is 2.48. The summed E-state index contributed by atoms with van der Waals surface area (Å²) in [6.45, 7) is 27.8. The third-order valence-corrected chi connectivity index (χ3v) is 10.2. The molecule has 0 aliphatic heterocycles. The van der Waals surface area contributed by atoms with Crippen LogP contribution in [0.2, 0.25) is 0 Å². The van der Waals surface area contributed by atoms with Gasteiger partial charge in [0.1, 0.15) is 0 Å². The molecule has 0 amide bonds. The maximum absolute atomic E-state index is 2.48. The number of benzene rings is 4. The van der Waals surface area contributed by atoms with Crippen molar-refractivity contribution in [2.24, 2.45) is 0 Å². The van der Waals surface area contributed by atoms with Crippen LogP contribution in [0.5, 0.6) is 0 Å². The topological polar surface area (TPSA) is 0 Å². The fourth-order valence-electron chi connectivity index (χ4n) is 7.34. The van der Waals surface area contributed by atoms with Crippen LogP contribution in [-0.2, 0) is 5.41 Å². The van der Waals surface area contributed by atoms with E-state index in [1.807, 2.05) is 0 Å². The molecular formula is C37H42.